The highest BCUT2D eigenvalue weighted by atomic mass is 79.9. The van der Waals surface area contributed by atoms with E-state index in [9.17, 15) is 9.18 Å². The molecule has 0 bridgehead atoms. The highest BCUT2D eigenvalue weighted by molar-refractivity contribution is 9.10. The van der Waals surface area contributed by atoms with Crippen LogP contribution in [0.3, 0.4) is 0 Å². The number of carbonyl (C=O) groups excluding carboxylic acids is 1. The van der Waals surface area contributed by atoms with Crippen LogP contribution in [0.1, 0.15) is 10.5 Å². The van der Waals surface area contributed by atoms with Crippen molar-refractivity contribution in [3.05, 3.63) is 64.5 Å². The molecule has 20 heavy (non-hydrogen) atoms. The molecule has 0 unspecified atom stereocenters. The van der Waals surface area contributed by atoms with Crippen LogP contribution in [0.5, 0.6) is 0 Å². The average molecular weight is 333 g/mol. The Labute approximate surface area is 122 Å². The maximum absolute atomic E-state index is 12.8. The summed E-state index contributed by atoms with van der Waals surface area (Å²) in [4.78, 5) is 15.2. The van der Waals surface area contributed by atoms with Crippen LogP contribution < -0.4 is 5.32 Å². The fraction of sp³-hybridized carbons (Fsp3) is 0. The van der Waals surface area contributed by atoms with E-state index in [1.165, 1.54) is 24.3 Å². The average Bonchev–Trinajstić information content (AvgIpc) is 2.87. The molecule has 100 valence electrons. The third kappa shape index (κ3) is 2.44. The van der Waals surface area contributed by atoms with Gasteiger partial charge in [0, 0.05) is 21.1 Å². The molecule has 5 heteroatoms. The zero-order chi connectivity index (χ0) is 14.1. The number of rotatable bonds is 2. The molecule has 0 spiro atoms. The SMILES string of the molecule is O=C(Nc1ccc(F)cc1)c1cc2c(Br)cccc2[nH]1. The molecule has 1 aromatic heterocycles. The number of aromatic amines is 1. The molecular weight excluding hydrogens is 323 g/mol. The minimum absolute atomic E-state index is 0.264. The Morgan fingerprint density at radius 1 is 1.15 bits per heavy atom. The standard InChI is InChI=1S/C15H10BrFN2O/c16-12-2-1-3-13-11(12)8-14(19-13)15(20)18-10-6-4-9(17)5-7-10/h1-8,19H,(H,18,20). The zero-order valence-electron chi connectivity index (χ0n) is 10.3. The van der Waals surface area contributed by atoms with Gasteiger partial charge >= 0.3 is 0 Å². The summed E-state index contributed by atoms with van der Waals surface area (Å²) >= 11 is 3.44. The van der Waals surface area contributed by atoms with E-state index in [0.29, 0.717) is 11.4 Å². The number of nitrogens with one attached hydrogen (secondary N) is 2. The number of hydrogen-bond donors (Lipinski definition) is 2. The van der Waals surface area contributed by atoms with Crippen LogP contribution in [-0.2, 0) is 0 Å². The molecule has 3 nitrogen and oxygen atoms in total. The maximum atomic E-state index is 12.8. The minimum Gasteiger partial charge on any atom is -0.350 e. The first-order chi connectivity index (χ1) is 9.63. The van der Waals surface area contributed by atoms with Gasteiger partial charge in [-0.15, -0.1) is 0 Å². The molecule has 3 aromatic rings. The van der Waals surface area contributed by atoms with Gasteiger partial charge in [0.25, 0.3) is 5.91 Å². The molecule has 0 fully saturated rings. The number of hydrogen-bond acceptors (Lipinski definition) is 1. The molecule has 0 saturated carbocycles. The fourth-order valence-corrected chi connectivity index (χ4v) is 2.45. The Morgan fingerprint density at radius 2 is 1.90 bits per heavy atom. The molecule has 3 rings (SSSR count). The molecule has 0 aliphatic carbocycles. The molecular formula is C15H10BrFN2O. The van der Waals surface area contributed by atoms with E-state index in [2.05, 4.69) is 26.2 Å². The summed E-state index contributed by atoms with van der Waals surface area (Å²) in [6.45, 7) is 0. The van der Waals surface area contributed by atoms with E-state index < -0.39 is 0 Å². The lowest BCUT2D eigenvalue weighted by Gasteiger charge is -2.02. The predicted octanol–water partition coefficient (Wildman–Crippen LogP) is 4.32. The molecule has 1 heterocycles. The van der Waals surface area contributed by atoms with Crippen LogP contribution in [0.25, 0.3) is 10.9 Å². The summed E-state index contributed by atoms with van der Waals surface area (Å²) in [5.74, 6) is -0.600. The van der Waals surface area contributed by atoms with Crippen LogP contribution in [0.2, 0.25) is 0 Å². The number of amides is 1. The lowest BCUT2D eigenvalue weighted by molar-refractivity contribution is 0.102. The number of halogens is 2. The van der Waals surface area contributed by atoms with E-state index in [1.54, 1.807) is 6.07 Å². The van der Waals surface area contributed by atoms with Gasteiger partial charge in [0.15, 0.2) is 0 Å². The predicted molar refractivity (Wildman–Crippen MR) is 80.4 cm³/mol. The Kier molecular flexibility index (Phi) is 3.28. The first-order valence-corrected chi connectivity index (χ1v) is 6.77. The summed E-state index contributed by atoms with van der Waals surface area (Å²) in [5.41, 5.74) is 1.88. The topological polar surface area (TPSA) is 44.9 Å². The molecule has 0 atom stereocenters. The third-order valence-corrected chi connectivity index (χ3v) is 3.65. The van der Waals surface area contributed by atoms with Gasteiger partial charge in [-0.25, -0.2) is 4.39 Å². The molecule has 1 amide bonds. The Morgan fingerprint density at radius 3 is 2.60 bits per heavy atom. The van der Waals surface area contributed by atoms with Crippen molar-refractivity contribution in [1.82, 2.24) is 4.98 Å². The van der Waals surface area contributed by atoms with Crippen molar-refractivity contribution in [3.63, 3.8) is 0 Å². The highest BCUT2D eigenvalue weighted by Crippen LogP contribution is 2.24. The zero-order valence-corrected chi connectivity index (χ0v) is 11.9. The third-order valence-electron chi connectivity index (χ3n) is 2.96. The smallest absolute Gasteiger partial charge is 0.272 e. The molecule has 0 aliphatic heterocycles. The second-order valence-corrected chi connectivity index (χ2v) is 5.20. The van der Waals surface area contributed by atoms with E-state index in [1.807, 2.05) is 18.2 Å². The number of anilines is 1. The first kappa shape index (κ1) is 12.9. The fourth-order valence-electron chi connectivity index (χ4n) is 1.97. The molecule has 0 radical (unpaired) electrons. The van der Waals surface area contributed by atoms with E-state index in [4.69, 9.17) is 0 Å². The summed E-state index contributed by atoms with van der Waals surface area (Å²) in [7, 11) is 0. The van der Waals surface area contributed by atoms with Gasteiger partial charge in [-0.3, -0.25) is 4.79 Å². The van der Waals surface area contributed by atoms with Gasteiger partial charge in [-0.1, -0.05) is 22.0 Å². The summed E-state index contributed by atoms with van der Waals surface area (Å²) < 4.78 is 13.7. The molecule has 2 aromatic carbocycles. The van der Waals surface area contributed by atoms with Crippen LogP contribution in [-0.4, -0.2) is 10.9 Å². The lowest BCUT2D eigenvalue weighted by Crippen LogP contribution is -2.12. The van der Waals surface area contributed by atoms with Crippen LogP contribution >= 0.6 is 15.9 Å². The van der Waals surface area contributed by atoms with Crippen LogP contribution in [0.4, 0.5) is 10.1 Å². The van der Waals surface area contributed by atoms with Crippen molar-refractivity contribution in [3.8, 4) is 0 Å². The Hall–Kier alpha value is -2.14. The van der Waals surface area contributed by atoms with E-state index in [0.717, 1.165) is 15.4 Å². The van der Waals surface area contributed by atoms with Crippen LogP contribution in [0, 0.1) is 5.82 Å². The van der Waals surface area contributed by atoms with Gasteiger partial charge in [-0.2, -0.15) is 0 Å². The van der Waals surface area contributed by atoms with Gasteiger partial charge in [-0.05, 0) is 42.5 Å². The second-order valence-electron chi connectivity index (χ2n) is 4.35. The monoisotopic (exact) mass is 332 g/mol. The second kappa shape index (κ2) is 5.09. The normalized spacial score (nSPS) is 10.7. The maximum Gasteiger partial charge on any atom is 0.272 e. The van der Waals surface area contributed by atoms with Crippen LogP contribution in [0.15, 0.2) is 53.0 Å². The first-order valence-electron chi connectivity index (χ1n) is 5.97. The van der Waals surface area contributed by atoms with Crippen molar-refractivity contribution >= 4 is 38.4 Å². The van der Waals surface area contributed by atoms with Crippen molar-refractivity contribution < 1.29 is 9.18 Å². The number of aromatic nitrogens is 1. The number of fused-ring (bicyclic) bond motifs is 1. The van der Waals surface area contributed by atoms with Gasteiger partial charge < -0.3 is 10.3 Å². The Bertz CT molecular complexity index is 780. The summed E-state index contributed by atoms with van der Waals surface area (Å²) in [5, 5.41) is 3.66. The van der Waals surface area contributed by atoms with Crippen molar-refractivity contribution in [1.29, 1.82) is 0 Å². The van der Waals surface area contributed by atoms with Gasteiger partial charge in [0.05, 0.1) is 0 Å². The molecule has 2 N–H and O–H groups in total. The van der Waals surface area contributed by atoms with E-state index >= 15 is 0 Å². The van der Waals surface area contributed by atoms with Gasteiger partial charge in [0.1, 0.15) is 11.5 Å². The number of benzene rings is 2. The van der Waals surface area contributed by atoms with E-state index in [-0.39, 0.29) is 11.7 Å². The Balaban J connectivity index is 1.89. The van der Waals surface area contributed by atoms with Crippen molar-refractivity contribution in [2.45, 2.75) is 0 Å². The lowest BCUT2D eigenvalue weighted by atomic mass is 10.2. The largest absolute Gasteiger partial charge is 0.350 e. The highest BCUT2D eigenvalue weighted by Gasteiger charge is 2.11. The van der Waals surface area contributed by atoms with Gasteiger partial charge in [0.2, 0.25) is 0 Å². The van der Waals surface area contributed by atoms with Crippen molar-refractivity contribution in [2.24, 2.45) is 0 Å². The number of carbonyl (C=O) groups is 1. The molecule has 0 aliphatic rings. The molecule has 0 saturated heterocycles. The summed E-state index contributed by atoms with van der Waals surface area (Å²) in [6.07, 6.45) is 0. The number of H-pyrrole nitrogens is 1. The summed E-state index contributed by atoms with van der Waals surface area (Å²) in [6, 6.07) is 13.1. The quantitative estimate of drug-likeness (QED) is 0.721. The minimum atomic E-state index is -0.336. The van der Waals surface area contributed by atoms with Crippen molar-refractivity contribution in [2.75, 3.05) is 5.32 Å².